The highest BCUT2D eigenvalue weighted by atomic mass is 19.4. The standard InChI is InChI=1S/C16H22F3NO/c1-2-12-7-3-4-8-13(12)20-14-9-5-6-10-15(14)21-11-16(17,18)19/h5-6,9-10,12-13,20H,2-4,7-8,11H2,1H3. The molecule has 1 aromatic carbocycles. The van der Waals surface area contributed by atoms with E-state index in [4.69, 9.17) is 4.74 Å². The molecular formula is C16H22F3NO. The summed E-state index contributed by atoms with van der Waals surface area (Å²) in [6.45, 7) is 0.907. The van der Waals surface area contributed by atoms with Gasteiger partial charge in [0.2, 0.25) is 0 Å². The number of para-hydroxylation sites is 2. The summed E-state index contributed by atoms with van der Waals surface area (Å²) in [7, 11) is 0. The van der Waals surface area contributed by atoms with Crippen molar-refractivity contribution in [1.82, 2.24) is 0 Å². The fourth-order valence-corrected chi connectivity index (χ4v) is 2.96. The summed E-state index contributed by atoms with van der Waals surface area (Å²) < 4.78 is 41.8. The molecule has 1 aromatic rings. The van der Waals surface area contributed by atoms with Crippen molar-refractivity contribution in [2.45, 2.75) is 51.2 Å². The zero-order valence-electron chi connectivity index (χ0n) is 12.2. The van der Waals surface area contributed by atoms with Gasteiger partial charge in [0.05, 0.1) is 5.69 Å². The Balaban J connectivity index is 2.05. The Kier molecular flexibility index (Phi) is 5.37. The predicted octanol–water partition coefficient (Wildman–Crippen LogP) is 5.01. The second kappa shape index (κ2) is 7.05. The van der Waals surface area contributed by atoms with E-state index in [1.165, 1.54) is 19.3 Å². The number of nitrogens with one attached hydrogen (secondary N) is 1. The molecule has 0 amide bonds. The zero-order valence-corrected chi connectivity index (χ0v) is 12.2. The monoisotopic (exact) mass is 301 g/mol. The summed E-state index contributed by atoms with van der Waals surface area (Å²) in [5, 5.41) is 3.39. The van der Waals surface area contributed by atoms with Crippen LogP contribution in [0.25, 0.3) is 0 Å². The van der Waals surface area contributed by atoms with Crippen LogP contribution in [0.4, 0.5) is 18.9 Å². The molecule has 2 unspecified atom stereocenters. The van der Waals surface area contributed by atoms with Crippen molar-refractivity contribution in [1.29, 1.82) is 0 Å². The Morgan fingerprint density at radius 3 is 2.62 bits per heavy atom. The highest BCUT2D eigenvalue weighted by Gasteiger charge is 2.29. The zero-order chi connectivity index (χ0) is 15.3. The van der Waals surface area contributed by atoms with Crippen LogP contribution in [0.2, 0.25) is 0 Å². The van der Waals surface area contributed by atoms with E-state index in [0.29, 0.717) is 17.6 Å². The molecule has 0 saturated heterocycles. The number of halogens is 3. The molecule has 2 atom stereocenters. The lowest BCUT2D eigenvalue weighted by Gasteiger charge is -2.32. The van der Waals surface area contributed by atoms with Crippen molar-refractivity contribution in [3.63, 3.8) is 0 Å². The van der Waals surface area contributed by atoms with E-state index in [0.717, 1.165) is 12.8 Å². The van der Waals surface area contributed by atoms with Gasteiger partial charge in [-0.1, -0.05) is 38.3 Å². The molecule has 2 rings (SSSR count). The van der Waals surface area contributed by atoms with E-state index in [-0.39, 0.29) is 5.75 Å². The van der Waals surface area contributed by atoms with Crippen molar-refractivity contribution < 1.29 is 17.9 Å². The third-order valence-electron chi connectivity index (χ3n) is 4.05. The van der Waals surface area contributed by atoms with E-state index >= 15 is 0 Å². The smallest absolute Gasteiger partial charge is 0.422 e. The molecule has 0 aliphatic heterocycles. The fraction of sp³-hybridized carbons (Fsp3) is 0.625. The topological polar surface area (TPSA) is 21.3 Å². The summed E-state index contributed by atoms with van der Waals surface area (Å²) in [5.74, 6) is 0.852. The maximum absolute atomic E-state index is 12.3. The minimum Gasteiger partial charge on any atom is -0.482 e. The molecule has 21 heavy (non-hydrogen) atoms. The Labute approximate surface area is 123 Å². The van der Waals surface area contributed by atoms with Crippen LogP contribution in [0.3, 0.4) is 0 Å². The van der Waals surface area contributed by atoms with E-state index in [2.05, 4.69) is 12.2 Å². The van der Waals surface area contributed by atoms with Crippen molar-refractivity contribution in [3.8, 4) is 5.75 Å². The van der Waals surface area contributed by atoms with Gasteiger partial charge >= 0.3 is 6.18 Å². The average molecular weight is 301 g/mol. The summed E-state index contributed by atoms with van der Waals surface area (Å²) in [4.78, 5) is 0. The molecule has 118 valence electrons. The van der Waals surface area contributed by atoms with Crippen LogP contribution in [-0.4, -0.2) is 18.8 Å². The number of hydrogen-bond donors (Lipinski definition) is 1. The van der Waals surface area contributed by atoms with Crippen LogP contribution < -0.4 is 10.1 Å². The highest BCUT2D eigenvalue weighted by Crippen LogP contribution is 2.33. The van der Waals surface area contributed by atoms with E-state index < -0.39 is 12.8 Å². The summed E-state index contributed by atoms with van der Waals surface area (Å²) >= 11 is 0. The Morgan fingerprint density at radius 2 is 1.90 bits per heavy atom. The van der Waals surface area contributed by atoms with Crippen LogP contribution in [0.15, 0.2) is 24.3 Å². The summed E-state index contributed by atoms with van der Waals surface area (Å²) in [6.07, 6.45) is 1.42. The van der Waals surface area contributed by atoms with E-state index in [1.54, 1.807) is 18.2 Å². The van der Waals surface area contributed by atoms with Crippen molar-refractivity contribution >= 4 is 5.69 Å². The molecule has 2 nitrogen and oxygen atoms in total. The van der Waals surface area contributed by atoms with Gasteiger partial charge in [-0.2, -0.15) is 13.2 Å². The molecule has 1 fully saturated rings. The van der Waals surface area contributed by atoms with Crippen molar-refractivity contribution in [3.05, 3.63) is 24.3 Å². The van der Waals surface area contributed by atoms with Gasteiger partial charge < -0.3 is 10.1 Å². The Bertz CT molecular complexity index is 447. The maximum atomic E-state index is 12.3. The molecule has 1 aliphatic rings. The lowest BCUT2D eigenvalue weighted by Crippen LogP contribution is -2.32. The van der Waals surface area contributed by atoms with Crippen molar-refractivity contribution in [2.24, 2.45) is 5.92 Å². The third-order valence-corrected chi connectivity index (χ3v) is 4.05. The van der Waals surface area contributed by atoms with Crippen LogP contribution >= 0.6 is 0 Å². The minimum atomic E-state index is -4.32. The second-order valence-corrected chi connectivity index (χ2v) is 5.60. The van der Waals surface area contributed by atoms with Crippen LogP contribution in [0.5, 0.6) is 5.75 Å². The van der Waals surface area contributed by atoms with Gasteiger partial charge in [-0.05, 0) is 30.9 Å². The summed E-state index contributed by atoms with van der Waals surface area (Å²) in [5.41, 5.74) is 0.659. The third kappa shape index (κ3) is 4.83. The molecule has 1 aliphatic carbocycles. The van der Waals surface area contributed by atoms with Gasteiger partial charge in [-0.25, -0.2) is 0 Å². The number of anilines is 1. The SMILES string of the molecule is CCC1CCCCC1Nc1ccccc1OCC(F)(F)F. The van der Waals surface area contributed by atoms with E-state index in [1.807, 2.05) is 6.07 Å². The Morgan fingerprint density at radius 1 is 1.19 bits per heavy atom. The molecule has 1 saturated carbocycles. The number of hydrogen-bond acceptors (Lipinski definition) is 2. The van der Waals surface area contributed by atoms with Gasteiger partial charge in [0.1, 0.15) is 5.75 Å². The van der Waals surface area contributed by atoms with Gasteiger partial charge in [0, 0.05) is 6.04 Å². The normalized spacial score (nSPS) is 22.9. The van der Waals surface area contributed by atoms with Crippen molar-refractivity contribution in [2.75, 3.05) is 11.9 Å². The maximum Gasteiger partial charge on any atom is 0.422 e. The molecule has 1 N–H and O–H groups in total. The first-order valence-corrected chi connectivity index (χ1v) is 7.54. The lowest BCUT2D eigenvalue weighted by molar-refractivity contribution is -0.153. The van der Waals surface area contributed by atoms with Gasteiger partial charge in [0.15, 0.2) is 6.61 Å². The second-order valence-electron chi connectivity index (χ2n) is 5.60. The Hall–Kier alpha value is -1.39. The first-order chi connectivity index (χ1) is 9.99. The average Bonchev–Trinajstić information content (AvgIpc) is 2.46. The highest BCUT2D eigenvalue weighted by molar-refractivity contribution is 5.56. The van der Waals surface area contributed by atoms with Gasteiger partial charge in [-0.15, -0.1) is 0 Å². The van der Waals surface area contributed by atoms with Crippen LogP contribution in [0, 0.1) is 5.92 Å². The molecular weight excluding hydrogens is 279 g/mol. The first-order valence-electron chi connectivity index (χ1n) is 7.54. The fourth-order valence-electron chi connectivity index (χ4n) is 2.96. The predicted molar refractivity (Wildman–Crippen MR) is 77.7 cm³/mol. The first kappa shape index (κ1) is 16.0. The largest absolute Gasteiger partial charge is 0.482 e. The quantitative estimate of drug-likeness (QED) is 0.825. The summed E-state index contributed by atoms with van der Waals surface area (Å²) in [6, 6.07) is 7.19. The van der Waals surface area contributed by atoms with Crippen LogP contribution in [-0.2, 0) is 0 Å². The van der Waals surface area contributed by atoms with Gasteiger partial charge in [-0.3, -0.25) is 0 Å². The minimum absolute atomic E-state index is 0.273. The molecule has 0 bridgehead atoms. The molecule has 5 heteroatoms. The molecule has 0 radical (unpaired) electrons. The number of ether oxygens (including phenoxy) is 1. The van der Waals surface area contributed by atoms with Crippen LogP contribution in [0.1, 0.15) is 39.0 Å². The number of rotatable bonds is 5. The number of alkyl halides is 3. The molecule has 0 aromatic heterocycles. The molecule has 0 spiro atoms. The number of benzene rings is 1. The molecule has 0 heterocycles. The van der Waals surface area contributed by atoms with E-state index in [9.17, 15) is 13.2 Å². The van der Waals surface area contributed by atoms with Gasteiger partial charge in [0.25, 0.3) is 0 Å². The lowest BCUT2D eigenvalue weighted by atomic mass is 9.83.